The van der Waals surface area contributed by atoms with Gasteiger partial charge in [-0.15, -0.1) is 0 Å². The lowest BCUT2D eigenvalue weighted by atomic mass is 10.0. The fraction of sp³-hybridized carbons (Fsp3) is 0.0952. The molecular weight excluding hydrogens is 361 g/mol. The van der Waals surface area contributed by atoms with Gasteiger partial charge in [0.05, 0.1) is 10.5 Å². The van der Waals surface area contributed by atoms with E-state index in [1.165, 1.54) is 24.3 Å². The Kier molecular flexibility index (Phi) is 4.49. The van der Waals surface area contributed by atoms with E-state index in [0.717, 1.165) is 5.56 Å². The summed E-state index contributed by atoms with van der Waals surface area (Å²) in [6.45, 7) is 0.230. The lowest BCUT2D eigenvalue weighted by Gasteiger charge is -2.38. The summed E-state index contributed by atoms with van der Waals surface area (Å²) in [6, 6.07) is 19.2. The van der Waals surface area contributed by atoms with Gasteiger partial charge >= 0.3 is 0 Å². The fourth-order valence-corrected chi connectivity index (χ4v) is 3.31. The number of hydrogen-bond acceptors (Lipinski definition) is 4. The molecule has 4 rings (SSSR count). The van der Waals surface area contributed by atoms with Crippen molar-refractivity contribution in [2.45, 2.75) is 12.7 Å². The van der Waals surface area contributed by atoms with Crippen molar-refractivity contribution in [3.63, 3.8) is 0 Å². The molecule has 140 valence electrons. The van der Waals surface area contributed by atoms with Crippen LogP contribution in [0.2, 0.25) is 0 Å². The van der Waals surface area contributed by atoms with E-state index in [1.807, 2.05) is 6.07 Å². The zero-order chi connectivity index (χ0) is 19.7. The Morgan fingerprint density at radius 3 is 2.54 bits per heavy atom. The van der Waals surface area contributed by atoms with Crippen LogP contribution in [0.15, 0.2) is 72.8 Å². The van der Waals surface area contributed by atoms with E-state index in [-0.39, 0.29) is 24.0 Å². The number of para-hydroxylation sites is 1. The van der Waals surface area contributed by atoms with Crippen LogP contribution in [0.5, 0.6) is 0 Å². The summed E-state index contributed by atoms with van der Waals surface area (Å²) in [7, 11) is 0. The summed E-state index contributed by atoms with van der Waals surface area (Å²) in [5, 5.41) is 14.5. The molecule has 28 heavy (non-hydrogen) atoms. The van der Waals surface area contributed by atoms with Gasteiger partial charge in [0, 0.05) is 29.9 Å². The first-order valence-electron chi connectivity index (χ1n) is 8.68. The molecule has 0 bridgehead atoms. The Balaban J connectivity index is 1.76. The number of anilines is 1. The minimum atomic E-state index is -0.590. The molecule has 0 spiro atoms. The lowest BCUT2D eigenvalue weighted by Crippen LogP contribution is -2.42. The fourth-order valence-electron chi connectivity index (χ4n) is 3.31. The second-order valence-electron chi connectivity index (χ2n) is 6.50. The second kappa shape index (κ2) is 7.11. The molecule has 0 saturated carbocycles. The summed E-state index contributed by atoms with van der Waals surface area (Å²) in [5.74, 6) is -0.553. The van der Waals surface area contributed by atoms with Gasteiger partial charge in [-0.1, -0.05) is 36.4 Å². The molecule has 1 aliphatic heterocycles. The number of nitrogens with one attached hydrogen (secondary N) is 1. The number of nitro benzene ring substituents is 1. The minimum absolute atomic E-state index is 0.0488. The minimum Gasteiger partial charge on any atom is -0.361 e. The van der Waals surface area contributed by atoms with Gasteiger partial charge in [-0.25, -0.2) is 4.39 Å². The first-order chi connectivity index (χ1) is 13.5. The number of non-ortho nitro benzene ring substituents is 1. The molecule has 0 unspecified atom stereocenters. The van der Waals surface area contributed by atoms with Gasteiger partial charge < -0.3 is 10.2 Å². The number of nitro groups is 1. The number of fused-ring (bicyclic) bond motifs is 1. The van der Waals surface area contributed by atoms with Crippen molar-refractivity contribution in [3.8, 4) is 0 Å². The molecule has 7 heteroatoms. The summed E-state index contributed by atoms with van der Waals surface area (Å²) in [5.41, 5.74) is 2.49. The predicted octanol–water partition coefficient (Wildman–Crippen LogP) is 4.50. The molecule has 1 N–H and O–H groups in total. The maximum atomic E-state index is 13.2. The topological polar surface area (TPSA) is 75.5 Å². The third-order valence-corrected chi connectivity index (χ3v) is 4.69. The molecule has 1 aliphatic rings. The molecule has 6 nitrogen and oxygen atoms in total. The van der Waals surface area contributed by atoms with E-state index in [1.54, 1.807) is 47.4 Å². The van der Waals surface area contributed by atoms with Crippen molar-refractivity contribution >= 4 is 17.3 Å². The van der Waals surface area contributed by atoms with Gasteiger partial charge in [0.1, 0.15) is 12.0 Å². The molecule has 0 aromatic heterocycles. The normalized spacial score (nSPS) is 15.7. The largest absolute Gasteiger partial charge is 0.361 e. The van der Waals surface area contributed by atoms with Crippen LogP contribution in [0.25, 0.3) is 0 Å². The Morgan fingerprint density at radius 1 is 1.04 bits per heavy atom. The van der Waals surface area contributed by atoms with Crippen LogP contribution < -0.4 is 5.32 Å². The summed E-state index contributed by atoms with van der Waals surface area (Å²) in [4.78, 5) is 25.5. The van der Waals surface area contributed by atoms with E-state index in [2.05, 4.69) is 5.32 Å². The standard InChI is InChI=1S/C21H16FN3O3/c22-16-10-8-14(9-11-16)13-24-20(15-4-3-5-17(12-15)25(27)28)23-19-7-2-1-6-18(19)21(24)26/h1-12,20,23H,13H2/t20-/m1/s1. The molecule has 1 amide bonds. The molecule has 3 aromatic carbocycles. The highest BCUT2D eigenvalue weighted by Gasteiger charge is 2.33. The van der Waals surface area contributed by atoms with Crippen molar-refractivity contribution in [2.75, 3.05) is 5.32 Å². The third kappa shape index (κ3) is 3.29. The molecule has 0 saturated heterocycles. The monoisotopic (exact) mass is 377 g/mol. The maximum Gasteiger partial charge on any atom is 0.269 e. The van der Waals surface area contributed by atoms with Crippen LogP contribution in [-0.2, 0) is 6.54 Å². The predicted molar refractivity (Wildman–Crippen MR) is 102 cm³/mol. The molecule has 1 heterocycles. The van der Waals surface area contributed by atoms with Crippen molar-refractivity contribution in [1.82, 2.24) is 4.90 Å². The van der Waals surface area contributed by atoms with E-state index in [9.17, 15) is 19.3 Å². The average molecular weight is 377 g/mol. The number of nitrogens with zero attached hydrogens (tertiary/aromatic N) is 2. The zero-order valence-corrected chi connectivity index (χ0v) is 14.7. The number of rotatable bonds is 4. The molecule has 0 aliphatic carbocycles. The summed E-state index contributed by atoms with van der Waals surface area (Å²) < 4.78 is 13.2. The Morgan fingerprint density at radius 2 is 1.79 bits per heavy atom. The number of carbonyl (C=O) groups excluding carboxylic acids is 1. The van der Waals surface area contributed by atoms with Crippen molar-refractivity contribution in [1.29, 1.82) is 0 Å². The van der Waals surface area contributed by atoms with Crippen molar-refractivity contribution < 1.29 is 14.1 Å². The number of benzene rings is 3. The number of halogens is 1. The molecule has 0 radical (unpaired) electrons. The van der Waals surface area contributed by atoms with Crippen LogP contribution in [0.3, 0.4) is 0 Å². The number of hydrogen-bond donors (Lipinski definition) is 1. The van der Waals surface area contributed by atoms with Gasteiger partial charge in [-0.3, -0.25) is 14.9 Å². The van der Waals surface area contributed by atoms with Crippen molar-refractivity contribution in [2.24, 2.45) is 0 Å². The summed E-state index contributed by atoms with van der Waals surface area (Å²) in [6.07, 6.45) is -0.590. The average Bonchev–Trinajstić information content (AvgIpc) is 2.71. The highest BCUT2D eigenvalue weighted by molar-refractivity contribution is 6.01. The van der Waals surface area contributed by atoms with E-state index < -0.39 is 11.1 Å². The van der Waals surface area contributed by atoms with Gasteiger partial charge in [0.15, 0.2) is 0 Å². The highest BCUT2D eigenvalue weighted by atomic mass is 19.1. The van der Waals surface area contributed by atoms with Crippen LogP contribution in [-0.4, -0.2) is 15.7 Å². The van der Waals surface area contributed by atoms with Crippen LogP contribution in [0.1, 0.15) is 27.7 Å². The molecule has 1 atom stereocenters. The highest BCUT2D eigenvalue weighted by Crippen LogP contribution is 2.35. The number of carbonyl (C=O) groups is 1. The van der Waals surface area contributed by atoms with Gasteiger partial charge in [0.25, 0.3) is 11.6 Å². The first-order valence-corrected chi connectivity index (χ1v) is 8.68. The van der Waals surface area contributed by atoms with E-state index in [0.29, 0.717) is 16.8 Å². The van der Waals surface area contributed by atoms with E-state index in [4.69, 9.17) is 0 Å². The first kappa shape index (κ1) is 17.7. The Bertz CT molecular complexity index is 1050. The Labute approximate surface area is 160 Å². The third-order valence-electron chi connectivity index (χ3n) is 4.69. The van der Waals surface area contributed by atoms with Crippen LogP contribution in [0.4, 0.5) is 15.8 Å². The molecule has 3 aromatic rings. The van der Waals surface area contributed by atoms with Crippen LogP contribution in [0, 0.1) is 15.9 Å². The van der Waals surface area contributed by atoms with E-state index >= 15 is 0 Å². The SMILES string of the molecule is O=C1c2ccccc2N[C@@H](c2cccc([N+](=O)[O-])c2)N1Cc1ccc(F)cc1. The lowest BCUT2D eigenvalue weighted by molar-refractivity contribution is -0.384. The molecule has 0 fully saturated rings. The van der Waals surface area contributed by atoms with Crippen LogP contribution >= 0.6 is 0 Å². The van der Waals surface area contributed by atoms with Gasteiger partial charge in [-0.2, -0.15) is 0 Å². The smallest absolute Gasteiger partial charge is 0.269 e. The van der Waals surface area contributed by atoms with Gasteiger partial charge in [0.2, 0.25) is 0 Å². The Hall–Kier alpha value is -3.74. The zero-order valence-electron chi connectivity index (χ0n) is 14.7. The van der Waals surface area contributed by atoms with Gasteiger partial charge in [-0.05, 0) is 29.8 Å². The second-order valence-corrected chi connectivity index (χ2v) is 6.50. The quantitative estimate of drug-likeness (QED) is 0.536. The summed E-state index contributed by atoms with van der Waals surface area (Å²) >= 11 is 0. The molecular formula is C21H16FN3O3. The maximum absolute atomic E-state index is 13.2. The number of amides is 1. The van der Waals surface area contributed by atoms with Crippen molar-refractivity contribution in [3.05, 3.63) is 105 Å².